The van der Waals surface area contributed by atoms with E-state index < -0.39 is 13.7 Å². The summed E-state index contributed by atoms with van der Waals surface area (Å²) in [5, 5.41) is 0. The van der Waals surface area contributed by atoms with Crippen LogP contribution in [0.15, 0.2) is 36.4 Å². The van der Waals surface area contributed by atoms with Gasteiger partial charge in [0, 0.05) is 8.07 Å². The molecule has 1 unspecified atom stereocenters. The number of hydrogen-bond acceptors (Lipinski definition) is 4. The summed E-state index contributed by atoms with van der Waals surface area (Å²) in [6.45, 7) is 15.2. The molecule has 0 N–H and O–H groups in total. The summed E-state index contributed by atoms with van der Waals surface area (Å²) in [4.78, 5) is 26.4. The van der Waals surface area contributed by atoms with Gasteiger partial charge >= 0.3 is 11.9 Å². The van der Waals surface area contributed by atoms with Crippen LogP contribution in [0.2, 0.25) is 25.7 Å². The molecule has 5 heteroatoms. The van der Waals surface area contributed by atoms with Crippen molar-refractivity contribution in [2.75, 3.05) is 6.61 Å². The van der Waals surface area contributed by atoms with Crippen molar-refractivity contribution in [2.24, 2.45) is 11.8 Å². The van der Waals surface area contributed by atoms with Crippen LogP contribution < -0.4 is 0 Å². The van der Waals surface area contributed by atoms with Gasteiger partial charge < -0.3 is 9.47 Å². The summed E-state index contributed by atoms with van der Waals surface area (Å²) >= 11 is 0. The van der Waals surface area contributed by atoms with E-state index in [1.54, 1.807) is 0 Å². The third-order valence-corrected chi connectivity index (χ3v) is 9.09. The molecular formula is C33H54O4Si. The zero-order valence-corrected chi connectivity index (χ0v) is 26.3. The molecule has 0 saturated heterocycles. The Labute approximate surface area is 234 Å². The Morgan fingerprint density at radius 3 is 2.32 bits per heavy atom. The predicted molar refractivity (Wildman–Crippen MR) is 161 cm³/mol. The summed E-state index contributed by atoms with van der Waals surface area (Å²) in [7, 11) is -1.30. The Hall–Kier alpha value is -1.88. The zero-order valence-electron chi connectivity index (χ0n) is 25.3. The summed E-state index contributed by atoms with van der Waals surface area (Å²) in [5.74, 6) is -0.333. The number of rotatable bonds is 14. The van der Waals surface area contributed by atoms with Crippen molar-refractivity contribution < 1.29 is 19.1 Å². The minimum atomic E-state index is -1.30. The van der Waals surface area contributed by atoms with E-state index in [4.69, 9.17) is 9.47 Å². The Bertz CT molecular complexity index is 876. The molecule has 0 fully saturated rings. The fraction of sp³-hybridized carbons (Fsp3) is 0.697. The van der Waals surface area contributed by atoms with E-state index in [9.17, 15) is 9.59 Å². The molecule has 1 aliphatic rings. The smallest absolute Gasteiger partial charge is 0.309 e. The molecule has 0 bridgehead atoms. The van der Waals surface area contributed by atoms with Gasteiger partial charge in [-0.05, 0) is 95.2 Å². The summed E-state index contributed by atoms with van der Waals surface area (Å²) in [6.07, 6.45) is 14.1. The predicted octanol–water partition coefficient (Wildman–Crippen LogP) is 8.87. The fourth-order valence-electron chi connectivity index (χ4n) is 5.00. The van der Waals surface area contributed by atoms with Gasteiger partial charge in [0.15, 0.2) is 0 Å². The maximum Gasteiger partial charge on any atom is 0.309 e. The minimum Gasteiger partial charge on any atom is -0.466 e. The highest BCUT2D eigenvalue weighted by Crippen LogP contribution is 2.30. The number of aryl methyl sites for hydroxylation is 1. The summed E-state index contributed by atoms with van der Waals surface area (Å²) in [6, 6.07) is 9.94. The topological polar surface area (TPSA) is 52.6 Å². The van der Waals surface area contributed by atoms with Crippen molar-refractivity contribution in [1.82, 2.24) is 0 Å². The van der Waals surface area contributed by atoms with Crippen LogP contribution in [-0.2, 0) is 25.5 Å². The quantitative estimate of drug-likeness (QED) is 0.134. The van der Waals surface area contributed by atoms with Crippen molar-refractivity contribution in [2.45, 2.75) is 129 Å². The van der Waals surface area contributed by atoms with Crippen LogP contribution in [0.1, 0.15) is 103 Å². The molecule has 0 heterocycles. The lowest BCUT2D eigenvalue weighted by Gasteiger charge is -2.26. The van der Waals surface area contributed by atoms with Crippen LogP contribution in [0.4, 0.5) is 0 Å². The number of allylic oxidation sites excluding steroid dienone is 2. The Kier molecular flexibility index (Phi) is 13.3. The maximum absolute atomic E-state index is 13.3. The summed E-state index contributed by atoms with van der Waals surface area (Å²) < 4.78 is 11.6. The molecule has 214 valence electrons. The Morgan fingerprint density at radius 1 is 1.00 bits per heavy atom. The molecule has 0 amide bonds. The van der Waals surface area contributed by atoms with Crippen LogP contribution in [-0.4, -0.2) is 32.2 Å². The first kappa shape index (κ1) is 32.3. The first-order valence-corrected chi connectivity index (χ1v) is 18.7. The van der Waals surface area contributed by atoms with Crippen molar-refractivity contribution >= 4 is 20.0 Å². The van der Waals surface area contributed by atoms with E-state index in [0.717, 1.165) is 38.1 Å². The molecule has 0 radical (unpaired) electrons. The second-order valence-corrected chi connectivity index (χ2v) is 19.0. The highest BCUT2D eigenvalue weighted by molar-refractivity contribution is 6.76. The number of benzene rings is 1. The van der Waals surface area contributed by atoms with Gasteiger partial charge in [-0.1, -0.05) is 75.8 Å². The molecule has 0 aromatic heterocycles. The zero-order chi connectivity index (χ0) is 28.2. The number of unbranched alkanes of at least 4 members (excludes halogenated alkanes) is 1. The van der Waals surface area contributed by atoms with Crippen molar-refractivity contribution in [3.8, 4) is 0 Å². The molecule has 1 aliphatic carbocycles. The van der Waals surface area contributed by atoms with Crippen LogP contribution >= 0.6 is 0 Å². The van der Waals surface area contributed by atoms with Gasteiger partial charge in [-0.2, -0.15) is 0 Å². The lowest BCUT2D eigenvalue weighted by atomic mass is 9.86. The largest absolute Gasteiger partial charge is 0.466 e. The van der Waals surface area contributed by atoms with Gasteiger partial charge in [0.1, 0.15) is 5.60 Å². The van der Waals surface area contributed by atoms with Gasteiger partial charge in [0.25, 0.3) is 0 Å². The highest BCUT2D eigenvalue weighted by Gasteiger charge is 2.31. The molecule has 0 spiro atoms. The maximum atomic E-state index is 13.3. The van der Waals surface area contributed by atoms with Gasteiger partial charge in [-0.15, -0.1) is 0 Å². The second kappa shape index (κ2) is 15.6. The molecule has 2 rings (SSSR count). The normalized spacial score (nSPS) is 17.9. The SMILES string of the molecule is CCCC[C@@H](C[C@@H](CCc1ccc(C2CC=CCCC2)cc1)C(=O)OCC[Si](C)(C)C)C(=O)OC(C)(C)C. The third-order valence-electron chi connectivity index (χ3n) is 7.39. The number of ether oxygens (including phenoxy) is 2. The first-order valence-electron chi connectivity index (χ1n) is 15.0. The minimum absolute atomic E-state index is 0.157. The molecular weight excluding hydrogens is 488 g/mol. The lowest BCUT2D eigenvalue weighted by molar-refractivity contribution is -0.162. The van der Waals surface area contributed by atoms with E-state index >= 15 is 0 Å². The molecule has 1 aromatic rings. The van der Waals surface area contributed by atoms with Crippen LogP contribution in [0.25, 0.3) is 0 Å². The first-order chi connectivity index (χ1) is 17.9. The Morgan fingerprint density at radius 2 is 1.68 bits per heavy atom. The fourth-order valence-corrected chi connectivity index (χ4v) is 5.71. The molecule has 0 saturated carbocycles. The number of esters is 2. The number of carbonyl (C=O) groups excluding carboxylic acids is 2. The molecule has 3 atom stereocenters. The lowest BCUT2D eigenvalue weighted by Crippen LogP contribution is -2.32. The monoisotopic (exact) mass is 542 g/mol. The van der Waals surface area contributed by atoms with E-state index in [-0.39, 0.29) is 23.8 Å². The van der Waals surface area contributed by atoms with Gasteiger partial charge in [-0.25, -0.2) is 0 Å². The number of carbonyl (C=O) groups is 2. The van der Waals surface area contributed by atoms with Crippen molar-refractivity contribution in [3.05, 3.63) is 47.5 Å². The average Bonchev–Trinajstić information content (AvgIpc) is 3.11. The van der Waals surface area contributed by atoms with E-state index in [1.165, 1.54) is 30.4 Å². The third kappa shape index (κ3) is 12.8. The summed E-state index contributed by atoms with van der Waals surface area (Å²) in [5.41, 5.74) is 2.11. The van der Waals surface area contributed by atoms with Gasteiger partial charge in [-0.3, -0.25) is 9.59 Å². The van der Waals surface area contributed by atoms with Crippen molar-refractivity contribution in [1.29, 1.82) is 0 Å². The highest BCUT2D eigenvalue weighted by atomic mass is 28.3. The van der Waals surface area contributed by atoms with E-state index in [1.807, 2.05) is 20.8 Å². The van der Waals surface area contributed by atoms with E-state index in [0.29, 0.717) is 25.4 Å². The molecule has 38 heavy (non-hydrogen) atoms. The van der Waals surface area contributed by atoms with Crippen LogP contribution in [0, 0.1) is 11.8 Å². The molecule has 1 aromatic carbocycles. The standard InChI is InChI=1S/C33H54O4Si/c1-8-9-14-29(32(35)37-33(2,3)4)25-30(31(34)36-23-24-38(5,6)7)22-19-26-17-20-28(21-18-26)27-15-12-10-11-13-16-27/h10,12,17-18,20-21,27,29-30H,8-9,11,13-16,19,22-25H2,1-7H3/t27?,29-,30+/m0/s1. The number of hydrogen-bond donors (Lipinski definition) is 0. The van der Waals surface area contributed by atoms with Crippen LogP contribution in [0.3, 0.4) is 0 Å². The van der Waals surface area contributed by atoms with Gasteiger partial charge in [0.05, 0.1) is 18.4 Å². The Balaban J connectivity index is 2.11. The van der Waals surface area contributed by atoms with E-state index in [2.05, 4.69) is 63.0 Å². The van der Waals surface area contributed by atoms with Gasteiger partial charge in [0.2, 0.25) is 0 Å². The van der Waals surface area contributed by atoms with Crippen LogP contribution in [0.5, 0.6) is 0 Å². The second-order valence-electron chi connectivity index (χ2n) is 13.4. The molecule has 0 aliphatic heterocycles. The van der Waals surface area contributed by atoms with Crippen molar-refractivity contribution in [3.63, 3.8) is 0 Å². The average molecular weight is 543 g/mol. The molecule has 4 nitrogen and oxygen atoms in total.